The SMILES string of the molecule is CCc1cn([C@H]2C[C@H](OC(C)=O)[C@@H](C=CC(=O)C(C)c3ccccc3)O2)c(=O)[nH]c1=O. The zero-order chi connectivity index (χ0) is 22.5. The van der Waals surface area contributed by atoms with Crippen LogP contribution in [0.15, 0.2) is 58.3 Å². The summed E-state index contributed by atoms with van der Waals surface area (Å²) in [6, 6.07) is 9.39. The first-order valence-corrected chi connectivity index (χ1v) is 10.2. The number of nitrogens with one attached hydrogen (secondary N) is 1. The zero-order valence-electron chi connectivity index (χ0n) is 17.7. The monoisotopic (exact) mass is 426 g/mol. The van der Waals surface area contributed by atoms with Crippen LogP contribution in [0.3, 0.4) is 0 Å². The standard InChI is InChI=1S/C23H26N2O6/c1-4-16-13-25(23(29)24-22(16)28)21-12-20(30-15(3)26)19(31-21)11-10-18(27)14(2)17-8-6-5-7-9-17/h5-11,13-14,19-21H,4,12H2,1-3H3,(H,24,28,29)/t14?,19-,20+,21-/m1/s1. The second kappa shape index (κ2) is 9.70. The van der Waals surface area contributed by atoms with E-state index < -0.39 is 35.7 Å². The molecule has 0 saturated carbocycles. The van der Waals surface area contributed by atoms with Gasteiger partial charge in [0.2, 0.25) is 0 Å². The maximum atomic E-state index is 12.6. The molecule has 4 atom stereocenters. The molecule has 1 aliphatic rings. The molecule has 1 N–H and O–H groups in total. The summed E-state index contributed by atoms with van der Waals surface area (Å²) >= 11 is 0. The minimum Gasteiger partial charge on any atom is -0.459 e. The van der Waals surface area contributed by atoms with Crippen molar-refractivity contribution in [3.63, 3.8) is 0 Å². The number of esters is 1. The third-order valence-electron chi connectivity index (χ3n) is 5.34. The molecule has 0 aliphatic carbocycles. The molecule has 1 aromatic heterocycles. The number of carbonyl (C=O) groups excluding carboxylic acids is 2. The van der Waals surface area contributed by atoms with E-state index in [1.165, 1.54) is 23.8 Å². The Labute approximate surface area is 179 Å². The fraction of sp³-hybridized carbons (Fsp3) is 0.391. The fourth-order valence-corrected chi connectivity index (χ4v) is 3.57. The van der Waals surface area contributed by atoms with Gasteiger partial charge in [0.1, 0.15) is 18.4 Å². The Morgan fingerprint density at radius 2 is 2.00 bits per heavy atom. The number of ether oxygens (including phenoxy) is 2. The Bertz CT molecular complexity index is 1090. The molecule has 1 fully saturated rings. The first-order valence-electron chi connectivity index (χ1n) is 10.2. The summed E-state index contributed by atoms with van der Waals surface area (Å²) < 4.78 is 12.6. The van der Waals surface area contributed by atoms with E-state index in [2.05, 4.69) is 4.98 Å². The van der Waals surface area contributed by atoms with Crippen LogP contribution in [0.5, 0.6) is 0 Å². The highest BCUT2D eigenvalue weighted by Crippen LogP contribution is 2.31. The molecule has 2 aromatic rings. The number of aromatic nitrogens is 2. The van der Waals surface area contributed by atoms with Crippen LogP contribution in [0.2, 0.25) is 0 Å². The second-order valence-corrected chi connectivity index (χ2v) is 7.51. The van der Waals surface area contributed by atoms with Crippen LogP contribution in [-0.4, -0.2) is 33.5 Å². The van der Waals surface area contributed by atoms with Crippen molar-refractivity contribution < 1.29 is 19.1 Å². The highest BCUT2D eigenvalue weighted by atomic mass is 16.6. The Morgan fingerprint density at radius 1 is 1.29 bits per heavy atom. The van der Waals surface area contributed by atoms with Crippen molar-refractivity contribution in [1.82, 2.24) is 9.55 Å². The highest BCUT2D eigenvalue weighted by molar-refractivity contribution is 5.95. The molecule has 0 bridgehead atoms. The molecule has 1 unspecified atom stereocenters. The maximum Gasteiger partial charge on any atom is 0.330 e. The Morgan fingerprint density at radius 3 is 2.65 bits per heavy atom. The van der Waals surface area contributed by atoms with Gasteiger partial charge in [-0.25, -0.2) is 4.79 Å². The highest BCUT2D eigenvalue weighted by Gasteiger charge is 2.37. The van der Waals surface area contributed by atoms with Gasteiger partial charge in [-0.05, 0) is 24.1 Å². The molecular weight excluding hydrogens is 400 g/mol. The van der Waals surface area contributed by atoms with Crippen LogP contribution in [0.1, 0.15) is 50.5 Å². The van der Waals surface area contributed by atoms with Crippen LogP contribution < -0.4 is 11.2 Å². The molecule has 2 heterocycles. The minimum absolute atomic E-state index is 0.116. The number of rotatable bonds is 7. The summed E-state index contributed by atoms with van der Waals surface area (Å²) in [5.41, 5.74) is 0.297. The van der Waals surface area contributed by atoms with Gasteiger partial charge in [0.25, 0.3) is 5.56 Å². The van der Waals surface area contributed by atoms with Gasteiger partial charge < -0.3 is 9.47 Å². The van der Waals surface area contributed by atoms with Crippen LogP contribution in [0.25, 0.3) is 0 Å². The molecule has 1 aliphatic heterocycles. The Kier molecular flexibility index (Phi) is 7.02. The summed E-state index contributed by atoms with van der Waals surface area (Å²) in [5, 5.41) is 0. The van der Waals surface area contributed by atoms with Gasteiger partial charge in [-0.3, -0.25) is 23.9 Å². The van der Waals surface area contributed by atoms with Crippen LogP contribution in [0, 0.1) is 0 Å². The maximum absolute atomic E-state index is 12.6. The number of aromatic amines is 1. The Balaban J connectivity index is 1.81. The summed E-state index contributed by atoms with van der Waals surface area (Å²) in [6.45, 7) is 4.91. The van der Waals surface area contributed by atoms with Crippen molar-refractivity contribution in [1.29, 1.82) is 0 Å². The predicted molar refractivity (Wildman–Crippen MR) is 114 cm³/mol. The molecule has 1 saturated heterocycles. The quantitative estimate of drug-likeness (QED) is 0.537. The van der Waals surface area contributed by atoms with Crippen molar-refractivity contribution in [2.45, 2.75) is 58.0 Å². The lowest BCUT2D eigenvalue weighted by molar-refractivity contribution is -0.147. The number of H-pyrrole nitrogens is 1. The number of hydrogen-bond donors (Lipinski definition) is 1. The van der Waals surface area contributed by atoms with E-state index in [1.807, 2.05) is 44.2 Å². The van der Waals surface area contributed by atoms with Gasteiger partial charge in [-0.15, -0.1) is 0 Å². The number of allylic oxidation sites excluding steroid dienone is 1. The molecule has 164 valence electrons. The lowest BCUT2D eigenvalue weighted by Gasteiger charge is -2.15. The second-order valence-electron chi connectivity index (χ2n) is 7.51. The van der Waals surface area contributed by atoms with E-state index in [4.69, 9.17) is 9.47 Å². The number of aryl methyl sites for hydroxylation is 1. The third kappa shape index (κ3) is 5.27. The molecule has 8 heteroatoms. The molecule has 1 aromatic carbocycles. The zero-order valence-corrected chi connectivity index (χ0v) is 17.7. The van der Waals surface area contributed by atoms with Crippen molar-refractivity contribution >= 4 is 11.8 Å². The summed E-state index contributed by atoms with van der Waals surface area (Å²) in [4.78, 5) is 50.6. The molecule has 0 spiro atoms. The van der Waals surface area contributed by atoms with Gasteiger partial charge in [0.15, 0.2) is 5.78 Å². The Hall–Kier alpha value is -3.26. The van der Waals surface area contributed by atoms with Crippen LogP contribution >= 0.6 is 0 Å². The average Bonchev–Trinajstić information content (AvgIpc) is 3.13. The van der Waals surface area contributed by atoms with Gasteiger partial charge in [-0.1, -0.05) is 44.2 Å². The molecule has 0 amide bonds. The van der Waals surface area contributed by atoms with Gasteiger partial charge in [0.05, 0.1) is 0 Å². The van der Waals surface area contributed by atoms with Crippen LogP contribution in [0.4, 0.5) is 0 Å². The molecule has 3 rings (SSSR count). The molecule has 31 heavy (non-hydrogen) atoms. The van der Waals surface area contributed by atoms with E-state index in [9.17, 15) is 19.2 Å². The molecule has 0 radical (unpaired) electrons. The lowest BCUT2D eigenvalue weighted by atomic mass is 9.96. The van der Waals surface area contributed by atoms with E-state index in [1.54, 1.807) is 6.08 Å². The smallest absolute Gasteiger partial charge is 0.330 e. The van der Waals surface area contributed by atoms with E-state index in [0.717, 1.165) is 5.56 Å². The number of nitrogens with zero attached hydrogens (tertiary/aromatic N) is 1. The first kappa shape index (κ1) is 22.4. The minimum atomic E-state index is -0.740. The van der Waals surface area contributed by atoms with Gasteiger partial charge >= 0.3 is 11.7 Å². The molecule has 8 nitrogen and oxygen atoms in total. The predicted octanol–water partition coefficient (Wildman–Crippen LogP) is 2.25. The van der Waals surface area contributed by atoms with Crippen molar-refractivity contribution in [3.8, 4) is 0 Å². The summed E-state index contributed by atoms with van der Waals surface area (Å²) in [7, 11) is 0. The van der Waals surface area contributed by atoms with E-state index >= 15 is 0 Å². The number of benzene rings is 1. The topological polar surface area (TPSA) is 107 Å². The number of hydrogen-bond acceptors (Lipinski definition) is 6. The van der Waals surface area contributed by atoms with Crippen molar-refractivity contribution in [2.24, 2.45) is 0 Å². The average molecular weight is 426 g/mol. The van der Waals surface area contributed by atoms with Crippen LogP contribution in [-0.2, 0) is 25.5 Å². The van der Waals surface area contributed by atoms with E-state index in [-0.39, 0.29) is 18.1 Å². The third-order valence-corrected chi connectivity index (χ3v) is 5.34. The van der Waals surface area contributed by atoms with Crippen molar-refractivity contribution in [3.05, 3.63) is 80.6 Å². The van der Waals surface area contributed by atoms with Gasteiger partial charge in [-0.2, -0.15) is 0 Å². The summed E-state index contributed by atoms with van der Waals surface area (Å²) in [5.74, 6) is -0.940. The first-order chi connectivity index (χ1) is 14.8. The van der Waals surface area contributed by atoms with Crippen molar-refractivity contribution in [2.75, 3.05) is 0 Å². The largest absolute Gasteiger partial charge is 0.459 e. The fourth-order valence-electron chi connectivity index (χ4n) is 3.57. The molecular formula is C23H26N2O6. The number of ketones is 1. The number of carbonyl (C=O) groups is 2. The van der Waals surface area contributed by atoms with E-state index in [0.29, 0.717) is 12.0 Å². The normalized spacial score (nSPS) is 21.8. The van der Waals surface area contributed by atoms with Gasteiger partial charge in [0, 0.05) is 31.0 Å². The summed E-state index contributed by atoms with van der Waals surface area (Å²) in [6.07, 6.45) is 3.01. The lowest BCUT2D eigenvalue weighted by Crippen LogP contribution is -2.34.